The van der Waals surface area contributed by atoms with Crippen LogP contribution in [0.2, 0.25) is 0 Å². The first-order chi connectivity index (χ1) is 6.13. The SMILES string of the molecule is CCCCN(Cl)C(CCC)C(=O)O. The highest BCUT2D eigenvalue weighted by Gasteiger charge is 2.22. The zero-order valence-corrected chi connectivity index (χ0v) is 9.05. The summed E-state index contributed by atoms with van der Waals surface area (Å²) in [6, 6.07) is -0.529. The fourth-order valence-electron chi connectivity index (χ4n) is 1.12. The Kier molecular flexibility index (Phi) is 7.00. The molecule has 0 aromatic heterocycles. The molecule has 1 atom stereocenters. The first kappa shape index (κ1) is 12.7. The Labute approximate surface area is 84.8 Å². The lowest BCUT2D eigenvalue weighted by Gasteiger charge is -2.20. The number of carbonyl (C=O) groups is 1. The molecule has 0 bridgehead atoms. The molecule has 0 aliphatic heterocycles. The van der Waals surface area contributed by atoms with Gasteiger partial charge in [0.2, 0.25) is 0 Å². The van der Waals surface area contributed by atoms with Crippen LogP contribution in [0.25, 0.3) is 0 Å². The summed E-state index contributed by atoms with van der Waals surface area (Å²) >= 11 is 5.85. The van der Waals surface area contributed by atoms with E-state index in [-0.39, 0.29) is 0 Å². The molecule has 0 radical (unpaired) electrons. The predicted octanol–water partition coefficient (Wildman–Crippen LogP) is 2.50. The molecule has 0 heterocycles. The highest BCUT2D eigenvalue weighted by Crippen LogP contribution is 2.11. The molecule has 3 nitrogen and oxygen atoms in total. The molecule has 1 unspecified atom stereocenters. The second-order valence-electron chi connectivity index (χ2n) is 3.12. The van der Waals surface area contributed by atoms with E-state index in [4.69, 9.17) is 16.9 Å². The number of carboxylic acid groups (broad SMARTS) is 1. The van der Waals surface area contributed by atoms with Gasteiger partial charge in [-0.25, -0.2) is 4.42 Å². The molecule has 1 N–H and O–H groups in total. The molecular formula is C9H18ClNO2. The van der Waals surface area contributed by atoms with E-state index in [1.807, 2.05) is 6.92 Å². The smallest absolute Gasteiger partial charge is 0.322 e. The van der Waals surface area contributed by atoms with Gasteiger partial charge in [0, 0.05) is 6.54 Å². The van der Waals surface area contributed by atoms with Crippen LogP contribution in [0.4, 0.5) is 0 Å². The van der Waals surface area contributed by atoms with Crippen molar-refractivity contribution in [3.63, 3.8) is 0 Å². The van der Waals surface area contributed by atoms with E-state index >= 15 is 0 Å². The van der Waals surface area contributed by atoms with Crippen LogP contribution < -0.4 is 0 Å². The van der Waals surface area contributed by atoms with E-state index in [1.165, 1.54) is 4.42 Å². The van der Waals surface area contributed by atoms with E-state index in [1.54, 1.807) is 0 Å². The van der Waals surface area contributed by atoms with Crippen molar-refractivity contribution in [3.8, 4) is 0 Å². The Morgan fingerprint density at radius 3 is 2.46 bits per heavy atom. The van der Waals surface area contributed by atoms with Crippen LogP contribution >= 0.6 is 11.8 Å². The van der Waals surface area contributed by atoms with Crippen LogP contribution in [0.5, 0.6) is 0 Å². The number of hydrogen-bond acceptors (Lipinski definition) is 2. The zero-order chi connectivity index (χ0) is 10.3. The van der Waals surface area contributed by atoms with Crippen LogP contribution in [-0.2, 0) is 4.79 Å². The van der Waals surface area contributed by atoms with Gasteiger partial charge < -0.3 is 5.11 Å². The molecule has 78 valence electrons. The molecule has 0 saturated heterocycles. The summed E-state index contributed by atoms with van der Waals surface area (Å²) in [5, 5.41) is 8.85. The van der Waals surface area contributed by atoms with Gasteiger partial charge in [0.05, 0.1) is 0 Å². The number of rotatable bonds is 7. The average Bonchev–Trinajstić information content (AvgIpc) is 2.09. The lowest BCUT2D eigenvalue weighted by Crippen LogP contribution is -2.35. The lowest BCUT2D eigenvalue weighted by molar-refractivity contribution is -0.141. The summed E-state index contributed by atoms with van der Waals surface area (Å²) in [5.41, 5.74) is 0. The summed E-state index contributed by atoms with van der Waals surface area (Å²) in [7, 11) is 0. The molecule has 13 heavy (non-hydrogen) atoms. The van der Waals surface area contributed by atoms with E-state index in [9.17, 15) is 4.79 Å². The maximum atomic E-state index is 10.8. The first-order valence-corrected chi connectivity index (χ1v) is 5.12. The third-order valence-electron chi connectivity index (χ3n) is 1.91. The van der Waals surface area contributed by atoms with Crippen molar-refractivity contribution >= 4 is 17.7 Å². The number of halogens is 1. The Balaban J connectivity index is 3.95. The lowest BCUT2D eigenvalue weighted by atomic mass is 10.1. The maximum absolute atomic E-state index is 10.8. The largest absolute Gasteiger partial charge is 0.480 e. The summed E-state index contributed by atoms with van der Waals surface area (Å²) in [6.07, 6.45) is 3.42. The van der Waals surface area contributed by atoms with Gasteiger partial charge in [-0.1, -0.05) is 26.7 Å². The number of aliphatic carboxylic acids is 1. The van der Waals surface area contributed by atoms with Gasteiger partial charge in [0.25, 0.3) is 0 Å². The molecule has 0 aromatic rings. The van der Waals surface area contributed by atoms with Crippen LogP contribution in [0.3, 0.4) is 0 Å². The third-order valence-corrected chi connectivity index (χ3v) is 2.32. The van der Waals surface area contributed by atoms with Crippen LogP contribution in [0, 0.1) is 0 Å². The second kappa shape index (κ2) is 7.15. The second-order valence-corrected chi connectivity index (χ2v) is 3.55. The first-order valence-electron chi connectivity index (χ1n) is 4.78. The highest BCUT2D eigenvalue weighted by molar-refractivity contribution is 6.14. The summed E-state index contributed by atoms with van der Waals surface area (Å²) < 4.78 is 1.41. The Hall–Kier alpha value is -0.280. The van der Waals surface area contributed by atoms with Gasteiger partial charge in [-0.3, -0.25) is 4.79 Å². The summed E-state index contributed by atoms with van der Waals surface area (Å²) in [5.74, 6) is -0.826. The fourth-order valence-corrected chi connectivity index (χ4v) is 1.42. The van der Waals surface area contributed by atoms with Gasteiger partial charge in [0.15, 0.2) is 0 Å². The molecule has 0 aromatic carbocycles. The van der Waals surface area contributed by atoms with E-state index < -0.39 is 12.0 Å². The van der Waals surface area contributed by atoms with Gasteiger partial charge >= 0.3 is 5.97 Å². The van der Waals surface area contributed by atoms with Gasteiger partial charge in [-0.2, -0.15) is 0 Å². The molecule has 0 spiro atoms. The third kappa shape index (κ3) is 5.11. The number of unbranched alkanes of at least 4 members (excludes halogenated alkanes) is 1. The van der Waals surface area contributed by atoms with E-state index in [2.05, 4.69) is 6.92 Å². The summed E-state index contributed by atoms with van der Waals surface area (Å²) in [4.78, 5) is 10.8. The van der Waals surface area contributed by atoms with Gasteiger partial charge in [-0.05, 0) is 24.6 Å². The monoisotopic (exact) mass is 207 g/mol. The molecule has 4 heteroatoms. The average molecular weight is 208 g/mol. The van der Waals surface area contributed by atoms with E-state index in [0.29, 0.717) is 13.0 Å². The van der Waals surface area contributed by atoms with Crippen LogP contribution in [0.1, 0.15) is 39.5 Å². The minimum absolute atomic E-state index is 0.529. The van der Waals surface area contributed by atoms with Crippen molar-refractivity contribution < 1.29 is 9.90 Å². The minimum atomic E-state index is -0.826. The predicted molar refractivity (Wildman–Crippen MR) is 53.8 cm³/mol. The zero-order valence-electron chi connectivity index (χ0n) is 8.29. The van der Waals surface area contributed by atoms with Crippen molar-refractivity contribution in [1.29, 1.82) is 0 Å². The van der Waals surface area contributed by atoms with Crippen molar-refractivity contribution in [3.05, 3.63) is 0 Å². The normalized spacial score (nSPS) is 13.2. The fraction of sp³-hybridized carbons (Fsp3) is 0.889. The van der Waals surface area contributed by atoms with E-state index in [0.717, 1.165) is 19.3 Å². The molecule has 0 amide bonds. The highest BCUT2D eigenvalue weighted by atomic mass is 35.5. The maximum Gasteiger partial charge on any atom is 0.322 e. The van der Waals surface area contributed by atoms with Crippen LogP contribution in [0.15, 0.2) is 0 Å². The standard InChI is InChI=1S/C9H18ClNO2/c1-3-5-7-11(10)8(6-4-2)9(12)13/h8H,3-7H2,1-2H3,(H,12,13). The quantitative estimate of drug-likeness (QED) is 0.653. The van der Waals surface area contributed by atoms with Crippen molar-refractivity contribution in [2.24, 2.45) is 0 Å². The van der Waals surface area contributed by atoms with Crippen molar-refractivity contribution in [2.45, 2.75) is 45.6 Å². The molecule has 0 aliphatic carbocycles. The Bertz CT molecular complexity index is 153. The molecular weight excluding hydrogens is 190 g/mol. The molecule has 0 saturated carbocycles. The molecule has 0 fully saturated rings. The van der Waals surface area contributed by atoms with Crippen molar-refractivity contribution in [1.82, 2.24) is 4.42 Å². The minimum Gasteiger partial charge on any atom is -0.480 e. The Morgan fingerprint density at radius 1 is 1.46 bits per heavy atom. The van der Waals surface area contributed by atoms with Crippen molar-refractivity contribution in [2.75, 3.05) is 6.54 Å². The number of hydrogen-bond donors (Lipinski definition) is 1. The number of carboxylic acids is 1. The molecule has 0 rings (SSSR count). The van der Waals surface area contributed by atoms with Gasteiger partial charge in [-0.15, -0.1) is 0 Å². The number of nitrogens with zero attached hydrogens (tertiary/aromatic N) is 1. The van der Waals surface area contributed by atoms with Crippen LogP contribution in [-0.4, -0.2) is 28.1 Å². The topological polar surface area (TPSA) is 40.5 Å². The van der Waals surface area contributed by atoms with Gasteiger partial charge in [0.1, 0.15) is 6.04 Å². The molecule has 0 aliphatic rings. The Morgan fingerprint density at radius 2 is 2.08 bits per heavy atom. The summed E-state index contributed by atoms with van der Waals surface area (Å²) in [6.45, 7) is 4.66.